The molecule has 0 radical (unpaired) electrons. The maximum Gasteiger partial charge on any atom is 0.148 e. The van der Waals surface area contributed by atoms with Gasteiger partial charge in [-0.05, 0) is 106 Å². The van der Waals surface area contributed by atoms with Crippen LogP contribution < -0.4 is 0 Å². The summed E-state index contributed by atoms with van der Waals surface area (Å²) in [4.78, 5) is 10.4. The molecule has 9 rings (SSSR count). The van der Waals surface area contributed by atoms with E-state index in [2.05, 4.69) is 155 Å². The van der Waals surface area contributed by atoms with Gasteiger partial charge in [0.15, 0.2) is 0 Å². The number of aryl methyl sites for hydroxylation is 1. The quantitative estimate of drug-likeness (QED) is 0.131. The monoisotopic (exact) mass is 1020 g/mol. The van der Waals surface area contributed by atoms with Crippen LogP contribution in [0.5, 0.6) is 5.75 Å². The molecule has 5 heteroatoms. The van der Waals surface area contributed by atoms with Gasteiger partial charge in [0.05, 0.1) is 16.6 Å². The predicted molar refractivity (Wildman–Crippen MR) is 263 cm³/mol. The number of phenolic OH excluding ortho intramolecular Hbond substituents is 1. The molecule has 322 valence electrons. The van der Waals surface area contributed by atoms with Gasteiger partial charge in [0, 0.05) is 42.8 Å². The fourth-order valence-corrected chi connectivity index (χ4v) is 8.68. The Morgan fingerprint density at radius 2 is 1.31 bits per heavy atom. The van der Waals surface area contributed by atoms with E-state index in [-0.39, 0.29) is 38.7 Å². The molecule has 2 heterocycles. The number of benzene rings is 7. The van der Waals surface area contributed by atoms with Crippen LogP contribution >= 0.6 is 0 Å². The van der Waals surface area contributed by atoms with Gasteiger partial charge in [-0.1, -0.05) is 179 Å². The topological polar surface area (TPSA) is 50.9 Å². The molecule has 0 saturated heterocycles. The first-order valence-electron chi connectivity index (χ1n) is 23.5. The Morgan fingerprint density at radius 3 is 2.00 bits per heavy atom. The van der Waals surface area contributed by atoms with Crippen molar-refractivity contribution in [2.45, 2.75) is 66.7 Å². The Hall–Kier alpha value is -6.35. The van der Waals surface area contributed by atoms with Gasteiger partial charge in [0.25, 0.3) is 0 Å². The van der Waals surface area contributed by atoms with E-state index in [0.29, 0.717) is 22.9 Å². The van der Waals surface area contributed by atoms with E-state index in [0.717, 1.165) is 78.9 Å². The fourth-order valence-electron chi connectivity index (χ4n) is 8.68. The summed E-state index contributed by atoms with van der Waals surface area (Å²) < 4.78 is 25.8. The summed E-state index contributed by atoms with van der Waals surface area (Å²) in [5.74, 6) is 1.66. The molecule has 0 atom stereocenters. The average molecular weight is 1020 g/mol. The van der Waals surface area contributed by atoms with Crippen molar-refractivity contribution < 1.29 is 30.3 Å². The predicted octanol–water partition coefficient (Wildman–Crippen LogP) is 15.7. The molecule has 1 N–H and O–H groups in total. The Balaban J connectivity index is 0.00000608. The molecule has 0 spiro atoms. The van der Waals surface area contributed by atoms with E-state index in [4.69, 9.17) is 14.1 Å². The number of rotatable bonds is 11. The van der Waals surface area contributed by atoms with Crippen molar-refractivity contribution in [1.82, 2.24) is 14.5 Å². The SMILES string of the molecule is [2H]C([2H])([2H])c1ccc(-c2ccnc(-c3[c-]c(-c4cccc5c4nc(-c4cc(C(C)C)cc(C(C)C)c4O)n5-c4ccc(-c5ccccc5)c(CC(C)C)c4)cc(-c4ccccc4)c3)c2)cc1.[Pt]. The van der Waals surface area contributed by atoms with Crippen molar-refractivity contribution in [3.05, 3.63) is 192 Å². The molecular weight excluding hydrogens is 962 g/mol. The summed E-state index contributed by atoms with van der Waals surface area (Å²) in [6.45, 7) is 11.0. The Bertz CT molecular complexity index is 3190. The third kappa shape index (κ3) is 8.90. The molecule has 0 saturated carbocycles. The van der Waals surface area contributed by atoms with E-state index in [1.165, 1.54) is 16.7 Å². The normalized spacial score (nSPS) is 12.4. The van der Waals surface area contributed by atoms with Crippen LogP contribution in [-0.2, 0) is 27.5 Å². The maximum absolute atomic E-state index is 12.3. The molecule has 0 amide bonds. The van der Waals surface area contributed by atoms with Crippen molar-refractivity contribution in [2.75, 3.05) is 0 Å². The van der Waals surface area contributed by atoms with Crippen LogP contribution in [0.2, 0.25) is 0 Å². The number of hydrogen-bond acceptors (Lipinski definition) is 3. The van der Waals surface area contributed by atoms with Crippen molar-refractivity contribution in [2.24, 2.45) is 5.92 Å². The molecule has 0 unspecified atom stereocenters. The van der Waals surface area contributed by atoms with Gasteiger partial charge in [0.1, 0.15) is 11.6 Å². The first kappa shape index (κ1) is 40.4. The number of phenols is 1. The van der Waals surface area contributed by atoms with E-state index in [1.807, 2.05) is 42.5 Å². The summed E-state index contributed by atoms with van der Waals surface area (Å²) in [5, 5.41) is 12.3. The summed E-state index contributed by atoms with van der Waals surface area (Å²) in [7, 11) is 0. The Kier molecular flexibility index (Phi) is 11.9. The van der Waals surface area contributed by atoms with Gasteiger partial charge in [0.2, 0.25) is 0 Å². The number of nitrogens with zero attached hydrogens (tertiary/aromatic N) is 3. The van der Waals surface area contributed by atoms with E-state index >= 15 is 0 Å². The van der Waals surface area contributed by atoms with Crippen molar-refractivity contribution in [1.29, 1.82) is 0 Å². The van der Waals surface area contributed by atoms with Crippen LogP contribution in [0.1, 0.15) is 79.7 Å². The first-order chi connectivity index (χ1) is 31.7. The Labute approximate surface area is 397 Å². The molecule has 9 aromatic rings. The van der Waals surface area contributed by atoms with Gasteiger partial charge >= 0.3 is 0 Å². The summed E-state index contributed by atoms with van der Waals surface area (Å²) >= 11 is 0. The zero-order valence-electron chi connectivity index (χ0n) is 40.1. The molecule has 0 bridgehead atoms. The van der Waals surface area contributed by atoms with Gasteiger partial charge in [-0.2, -0.15) is 0 Å². The van der Waals surface area contributed by atoms with Crippen molar-refractivity contribution in [3.8, 4) is 78.6 Å². The average Bonchev–Trinajstić information content (AvgIpc) is 3.71. The fraction of sp³-hybridized carbons (Fsp3) is 0.186. The van der Waals surface area contributed by atoms with Crippen molar-refractivity contribution in [3.63, 3.8) is 0 Å². The van der Waals surface area contributed by atoms with Crippen LogP contribution in [0, 0.1) is 18.8 Å². The molecule has 4 nitrogen and oxygen atoms in total. The number of fused-ring (bicyclic) bond motifs is 1. The molecule has 0 aliphatic rings. The minimum Gasteiger partial charge on any atom is -0.507 e. The summed E-state index contributed by atoms with van der Waals surface area (Å²) in [6, 6.07) is 57.3. The maximum atomic E-state index is 12.3. The van der Waals surface area contributed by atoms with Crippen LogP contribution in [0.4, 0.5) is 0 Å². The molecule has 2 aromatic heterocycles. The molecule has 0 aliphatic carbocycles. The zero-order valence-corrected chi connectivity index (χ0v) is 39.4. The summed E-state index contributed by atoms with van der Waals surface area (Å²) in [6.07, 6.45) is 2.68. The minimum absolute atomic E-state index is 0. The Morgan fingerprint density at radius 1 is 0.609 bits per heavy atom. The number of aromatic hydroxyl groups is 1. The van der Waals surface area contributed by atoms with Crippen LogP contribution in [0.25, 0.3) is 83.9 Å². The molecule has 7 aromatic carbocycles. The van der Waals surface area contributed by atoms with Crippen molar-refractivity contribution >= 4 is 11.0 Å². The van der Waals surface area contributed by atoms with E-state index in [1.54, 1.807) is 18.3 Å². The second kappa shape index (κ2) is 18.8. The van der Waals surface area contributed by atoms with Gasteiger partial charge in [-0.15, -0.1) is 23.8 Å². The smallest absolute Gasteiger partial charge is 0.148 e. The zero-order chi connectivity index (χ0) is 46.3. The number of aromatic nitrogens is 3. The van der Waals surface area contributed by atoms with Crippen LogP contribution in [0.3, 0.4) is 0 Å². The number of hydrogen-bond donors (Lipinski definition) is 1. The summed E-state index contributed by atoms with van der Waals surface area (Å²) in [5.41, 5.74) is 16.5. The number of pyridine rings is 1. The first-order valence-corrected chi connectivity index (χ1v) is 22.0. The third-order valence-electron chi connectivity index (χ3n) is 12.0. The van der Waals surface area contributed by atoms with Crippen LogP contribution in [0.15, 0.2) is 164 Å². The standard InChI is InChI=1S/C59H54N3O.Pt/c1-37(2)29-47-33-50(25-26-51(47)43-17-12-9-13-18-43)62-56-20-14-19-52(57(56)61-59(62)54-35-45(38(3)4)34-53(39(5)6)58(54)63)48-30-46(41-15-10-8-11-16-41)31-49(32-48)55-36-44(27-28-60-55)42-23-21-40(7)22-24-42;/h8-28,30-31,33-39,63H,29H2,1-7H3;/q-1;/i7D3;. The van der Waals surface area contributed by atoms with E-state index < -0.39 is 6.85 Å². The number of para-hydroxylation sites is 1. The minimum atomic E-state index is -2.18. The van der Waals surface area contributed by atoms with E-state index in [9.17, 15) is 5.11 Å². The molecule has 0 fully saturated rings. The molecule has 0 aliphatic heterocycles. The second-order valence-corrected chi connectivity index (χ2v) is 17.6. The second-order valence-electron chi connectivity index (χ2n) is 17.6. The van der Waals surface area contributed by atoms with Crippen LogP contribution in [-0.4, -0.2) is 19.6 Å². The van der Waals surface area contributed by atoms with Gasteiger partial charge in [-0.3, -0.25) is 9.55 Å². The van der Waals surface area contributed by atoms with Gasteiger partial charge in [-0.25, -0.2) is 4.98 Å². The van der Waals surface area contributed by atoms with Gasteiger partial charge < -0.3 is 5.11 Å². The third-order valence-corrected chi connectivity index (χ3v) is 12.0. The molecule has 64 heavy (non-hydrogen) atoms. The number of imidazole rings is 1. The molecular formula is C59H54N3OPt-. The largest absolute Gasteiger partial charge is 0.507 e.